The molecule has 7 nitrogen and oxygen atoms in total. The van der Waals surface area contributed by atoms with Gasteiger partial charge in [0.2, 0.25) is 5.91 Å². The van der Waals surface area contributed by atoms with Crippen LogP contribution in [0.3, 0.4) is 0 Å². The summed E-state index contributed by atoms with van der Waals surface area (Å²) >= 11 is 0. The molecule has 0 spiro atoms. The second kappa shape index (κ2) is 10.8. The first-order valence-corrected chi connectivity index (χ1v) is 10.7. The summed E-state index contributed by atoms with van der Waals surface area (Å²) in [5.74, 6) is 1.24. The Bertz CT molecular complexity index is 898. The number of anilines is 1. The molecule has 1 heterocycles. The molecule has 0 aromatic heterocycles. The van der Waals surface area contributed by atoms with Crippen LogP contribution in [0.4, 0.5) is 5.69 Å². The molecule has 7 heteroatoms. The fraction of sp³-hybridized carbons (Fsp3) is 0.417. The lowest BCUT2D eigenvalue weighted by molar-refractivity contribution is -0.122. The van der Waals surface area contributed by atoms with Gasteiger partial charge in [-0.05, 0) is 42.9 Å². The maximum atomic E-state index is 12.6. The third-order valence-corrected chi connectivity index (χ3v) is 5.60. The van der Waals surface area contributed by atoms with Gasteiger partial charge in [0.15, 0.2) is 6.61 Å². The van der Waals surface area contributed by atoms with Crippen molar-refractivity contribution in [3.8, 4) is 11.5 Å². The van der Waals surface area contributed by atoms with Gasteiger partial charge in [-0.3, -0.25) is 14.5 Å². The van der Waals surface area contributed by atoms with E-state index >= 15 is 0 Å². The zero-order chi connectivity index (χ0) is 22.2. The molecule has 2 aromatic rings. The maximum Gasteiger partial charge on any atom is 0.265 e. The number of carbonyl (C=O) groups is 2. The highest BCUT2D eigenvalue weighted by molar-refractivity contribution is 5.98. The number of rotatable bonds is 10. The number of carbonyl (C=O) groups excluding carboxylic acids is 2. The summed E-state index contributed by atoms with van der Waals surface area (Å²) in [6.45, 7) is 6.76. The first-order valence-electron chi connectivity index (χ1n) is 10.7. The zero-order valence-corrected chi connectivity index (χ0v) is 18.5. The normalized spacial score (nSPS) is 14.1. The number of methoxy groups -OCH3 is 1. The molecule has 1 unspecified atom stereocenters. The van der Waals surface area contributed by atoms with Crippen LogP contribution in [-0.2, 0) is 9.59 Å². The summed E-state index contributed by atoms with van der Waals surface area (Å²) in [7, 11) is 1.65. The monoisotopic (exact) mass is 425 g/mol. The molecule has 0 fully saturated rings. The average molecular weight is 426 g/mol. The number of nitrogens with one attached hydrogen (secondary N) is 1. The summed E-state index contributed by atoms with van der Waals surface area (Å²) in [5.41, 5.74) is 1.81. The minimum Gasteiger partial charge on any atom is -0.497 e. The van der Waals surface area contributed by atoms with Crippen LogP contribution < -0.4 is 19.7 Å². The van der Waals surface area contributed by atoms with Crippen LogP contribution in [0.2, 0.25) is 0 Å². The van der Waals surface area contributed by atoms with Gasteiger partial charge in [-0.2, -0.15) is 0 Å². The number of fused-ring (bicyclic) bond motifs is 1. The molecule has 0 radical (unpaired) electrons. The molecule has 166 valence electrons. The molecule has 0 saturated carbocycles. The van der Waals surface area contributed by atoms with E-state index in [1.165, 1.54) is 0 Å². The van der Waals surface area contributed by atoms with Crippen LogP contribution in [0.15, 0.2) is 48.5 Å². The van der Waals surface area contributed by atoms with Crippen molar-refractivity contribution in [1.29, 1.82) is 0 Å². The zero-order valence-electron chi connectivity index (χ0n) is 18.5. The second-order valence-corrected chi connectivity index (χ2v) is 7.37. The van der Waals surface area contributed by atoms with E-state index in [2.05, 4.69) is 30.1 Å². The number of nitrogens with zero attached hydrogens (tertiary/aromatic N) is 2. The molecule has 0 saturated heterocycles. The molecule has 3 rings (SSSR count). The van der Waals surface area contributed by atoms with Crippen molar-refractivity contribution in [2.45, 2.75) is 26.3 Å². The number of hydrogen-bond donors (Lipinski definition) is 1. The standard InChI is InChI=1S/C24H31N3O4/c1-4-26(5-2)21(18-9-8-10-19(15-18)30-3)16-25-23(28)13-14-27-20-11-6-7-12-22(20)31-17-24(27)29/h6-12,15,21H,4-5,13-14,16-17H2,1-3H3,(H,25,28). The van der Waals surface area contributed by atoms with Crippen LogP contribution >= 0.6 is 0 Å². The summed E-state index contributed by atoms with van der Waals surface area (Å²) < 4.78 is 10.8. The minimum atomic E-state index is -0.135. The van der Waals surface area contributed by atoms with Crippen molar-refractivity contribution in [3.05, 3.63) is 54.1 Å². The molecule has 2 amide bonds. The first-order chi connectivity index (χ1) is 15.1. The predicted molar refractivity (Wildman–Crippen MR) is 121 cm³/mol. The topological polar surface area (TPSA) is 71.1 Å². The summed E-state index contributed by atoms with van der Waals surface area (Å²) in [4.78, 5) is 28.9. The SMILES string of the molecule is CCN(CC)C(CNC(=O)CCN1C(=O)COc2ccccc21)c1cccc(OC)c1. The van der Waals surface area contributed by atoms with E-state index in [-0.39, 0.29) is 30.9 Å². The van der Waals surface area contributed by atoms with Crippen molar-refractivity contribution in [1.82, 2.24) is 10.2 Å². The van der Waals surface area contributed by atoms with Crippen molar-refractivity contribution in [3.63, 3.8) is 0 Å². The number of hydrogen-bond acceptors (Lipinski definition) is 5. The lowest BCUT2D eigenvalue weighted by atomic mass is 10.0. The second-order valence-electron chi connectivity index (χ2n) is 7.37. The first kappa shape index (κ1) is 22.6. The van der Waals surface area contributed by atoms with Gasteiger partial charge in [0, 0.05) is 19.5 Å². The predicted octanol–water partition coefficient (Wildman–Crippen LogP) is 3.01. The fourth-order valence-corrected chi connectivity index (χ4v) is 3.88. The van der Waals surface area contributed by atoms with Gasteiger partial charge in [0.25, 0.3) is 5.91 Å². The lowest BCUT2D eigenvalue weighted by Gasteiger charge is -2.31. The molecule has 2 aromatic carbocycles. The maximum absolute atomic E-state index is 12.6. The van der Waals surface area contributed by atoms with E-state index in [1.807, 2.05) is 42.5 Å². The van der Waals surface area contributed by atoms with Crippen LogP contribution in [-0.4, -0.2) is 56.6 Å². The Kier molecular flexibility index (Phi) is 7.89. The fourth-order valence-electron chi connectivity index (χ4n) is 3.88. The van der Waals surface area contributed by atoms with Gasteiger partial charge in [0.1, 0.15) is 11.5 Å². The lowest BCUT2D eigenvalue weighted by Crippen LogP contribution is -2.42. The summed E-state index contributed by atoms with van der Waals surface area (Å²) in [5, 5.41) is 3.06. The van der Waals surface area contributed by atoms with E-state index in [0.717, 1.165) is 24.4 Å². The van der Waals surface area contributed by atoms with E-state index in [4.69, 9.17) is 9.47 Å². The number of ether oxygens (including phenoxy) is 2. The Morgan fingerprint density at radius 1 is 1.19 bits per heavy atom. The Morgan fingerprint density at radius 3 is 2.71 bits per heavy atom. The van der Waals surface area contributed by atoms with Crippen LogP contribution in [0.1, 0.15) is 31.9 Å². The largest absolute Gasteiger partial charge is 0.497 e. The Labute approximate surface area is 183 Å². The van der Waals surface area contributed by atoms with Crippen LogP contribution in [0, 0.1) is 0 Å². The van der Waals surface area contributed by atoms with Crippen molar-refractivity contribution >= 4 is 17.5 Å². The van der Waals surface area contributed by atoms with Gasteiger partial charge < -0.3 is 19.7 Å². The third kappa shape index (κ3) is 5.55. The number of benzene rings is 2. The molecule has 1 aliphatic rings. The van der Waals surface area contributed by atoms with Gasteiger partial charge in [0.05, 0.1) is 18.8 Å². The highest BCUT2D eigenvalue weighted by Crippen LogP contribution is 2.31. The van der Waals surface area contributed by atoms with Gasteiger partial charge in [-0.1, -0.05) is 38.1 Å². The summed E-state index contributed by atoms with van der Waals surface area (Å²) in [6.07, 6.45) is 0.225. The number of para-hydroxylation sites is 2. The summed E-state index contributed by atoms with van der Waals surface area (Å²) in [6, 6.07) is 15.4. The molecular formula is C24H31N3O4. The third-order valence-electron chi connectivity index (χ3n) is 5.60. The smallest absolute Gasteiger partial charge is 0.265 e. The minimum absolute atomic E-state index is 0.00148. The average Bonchev–Trinajstić information content (AvgIpc) is 2.81. The Morgan fingerprint density at radius 2 is 1.97 bits per heavy atom. The molecule has 1 N–H and O–H groups in total. The molecular weight excluding hydrogens is 394 g/mol. The van der Waals surface area contributed by atoms with E-state index in [9.17, 15) is 9.59 Å². The Balaban J connectivity index is 1.63. The van der Waals surface area contributed by atoms with Gasteiger partial charge in [-0.15, -0.1) is 0 Å². The van der Waals surface area contributed by atoms with Gasteiger partial charge >= 0.3 is 0 Å². The number of likely N-dealkylation sites (N-methyl/N-ethyl adjacent to an activating group) is 1. The quantitative estimate of drug-likeness (QED) is 0.634. The van der Waals surface area contributed by atoms with Gasteiger partial charge in [-0.25, -0.2) is 0 Å². The number of amides is 2. The van der Waals surface area contributed by atoms with Crippen molar-refractivity contribution in [2.75, 3.05) is 44.8 Å². The van der Waals surface area contributed by atoms with Crippen LogP contribution in [0.5, 0.6) is 11.5 Å². The van der Waals surface area contributed by atoms with E-state index < -0.39 is 0 Å². The molecule has 1 atom stereocenters. The van der Waals surface area contributed by atoms with Crippen LogP contribution in [0.25, 0.3) is 0 Å². The van der Waals surface area contributed by atoms with E-state index in [1.54, 1.807) is 12.0 Å². The molecule has 1 aliphatic heterocycles. The van der Waals surface area contributed by atoms with Crippen molar-refractivity contribution in [2.24, 2.45) is 0 Å². The molecule has 0 bridgehead atoms. The Hall–Kier alpha value is -3.06. The van der Waals surface area contributed by atoms with Crippen molar-refractivity contribution < 1.29 is 19.1 Å². The highest BCUT2D eigenvalue weighted by Gasteiger charge is 2.26. The molecule has 0 aliphatic carbocycles. The highest BCUT2D eigenvalue weighted by atomic mass is 16.5. The molecule has 31 heavy (non-hydrogen) atoms. The van der Waals surface area contributed by atoms with E-state index in [0.29, 0.717) is 24.5 Å².